The summed E-state index contributed by atoms with van der Waals surface area (Å²) in [6, 6.07) is 15.3. The minimum absolute atomic E-state index is 0.296. The average Bonchev–Trinajstić information content (AvgIpc) is 3.17. The molecule has 1 fully saturated rings. The summed E-state index contributed by atoms with van der Waals surface area (Å²) in [5, 5.41) is 3.41. The SMILES string of the molecule is CCCCc1ccc(CC(=O)Cc2ccc(C3CCNC3)cc2)c(C)c1. The van der Waals surface area contributed by atoms with Crippen molar-refractivity contribution < 1.29 is 4.79 Å². The van der Waals surface area contributed by atoms with E-state index in [1.165, 1.54) is 41.5 Å². The lowest BCUT2D eigenvalue weighted by Gasteiger charge is -2.10. The van der Waals surface area contributed by atoms with E-state index in [9.17, 15) is 4.79 Å². The molecule has 0 aliphatic carbocycles. The van der Waals surface area contributed by atoms with E-state index < -0.39 is 0 Å². The number of Topliss-reactive ketones (excluding diaryl/α,β-unsaturated/α-hetero) is 1. The largest absolute Gasteiger partial charge is 0.316 e. The Kier molecular flexibility index (Phi) is 6.62. The van der Waals surface area contributed by atoms with Crippen LogP contribution >= 0.6 is 0 Å². The molecule has 0 radical (unpaired) electrons. The number of hydrogen-bond donors (Lipinski definition) is 1. The number of hydrogen-bond acceptors (Lipinski definition) is 2. The minimum Gasteiger partial charge on any atom is -0.316 e. The Morgan fingerprint density at radius 1 is 1.08 bits per heavy atom. The Balaban J connectivity index is 1.56. The predicted octanol–water partition coefficient (Wildman–Crippen LogP) is 4.77. The summed E-state index contributed by atoms with van der Waals surface area (Å²) in [6.07, 6.45) is 5.86. The van der Waals surface area contributed by atoms with E-state index in [4.69, 9.17) is 0 Å². The molecule has 0 spiro atoms. The number of nitrogens with one attached hydrogen (secondary N) is 1. The number of unbranched alkanes of at least 4 members (excludes halogenated alkanes) is 1. The van der Waals surface area contributed by atoms with Crippen LogP contribution in [0.1, 0.15) is 59.9 Å². The molecule has 2 aromatic carbocycles. The number of benzene rings is 2. The van der Waals surface area contributed by atoms with Crippen molar-refractivity contribution in [3.05, 3.63) is 70.3 Å². The van der Waals surface area contributed by atoms with Crippen molar-refractivity contribution in [3.63, 3.8) is 0 Å². The zero-order chi connectivity index (χ0) is 18.4. The lowest BCUT2D eigenvalue weighted by Crippen LogP contribution is -2.09. The van der Waals surface area contributed by atoms with E-state index in [2.05, 4.69) is 61.6 Å². The maximum Gasteiger partial charge on any atom is 0.141 e. The highest BCUT2D eigenvalue weighted by molar-refractivity contribution is 5.83. The van der Waals surface area contributed by atoms with Crippen LogP contribution < -0.4 is 5.32 Å². The molecule has 0 amide bonds. The second kappa shape index (κ2) is 9.14. The van der Waals surface area contributed by atoms with Crippen molar-refractivity contribution >= 4 is 5.78 Å². The summed E-state index contributed by atoms with van der Waals surface area (Å²) in [5.41, 5.74) is 6.32. The van der Waals surface area contributed by atoms with E-state index >= 15 is 0 Å². The van der Waals surface area contributed by atoms with Gasteiger partial charge in [-0.15, -0.1) is 0 Å². The molecule has 0 bridgehead atoms. The topological polar surface area (TPSA) is 29.1 Å². The van der Waals surface area contributed by atoms with E-state index in [1.807, 2.05) is 0 Å². The van der Waals surface area contributed by atoms with Crippen LogP contribution in [0.15, 0.2) is 42.5 Å². The van der Waals surface area contributed by atoms with Crippen LogP contribution in [0.5, 0.6) is 0 Å². The fourth-order valence-corrected chi connectivity index (χ4v) is 3.84. The first-order valence-electron chi connectivity index (χ1n) is 10.1. The molecule has 26 heavy (non-hydrogen) atoms. The first-order valence-corrected chi connectivity index (χ1v) is 10.1. The summed E-state index contributed by atoms with van der Waals surface area (Å²) >= 11 is 0. The lowest BCUT2D eigenvalue weighted by molar-refractivity contribution is -0.117. The quantitative estimate of drug-likeness (QED) is 0.744. The molecule has 1 heterocycles. The second-order valence-corrected chi connectivity index (χ2v) is 7.69. The molecule has 0 aromatic heterocycles. The monoisotopic (exact) mass is 349 g/mol. The molecule has 2 nitrogen and oxygen atoms in total. The molecular formula is C24H31NO. The van der Waals surface area contributed by atoms with Gasteiger partial charge in [0.15, 0.2) is 0 Å². The molecule has 1 unspecified atom stereocenters. The molecule has 1 aliphatic rings. The first kappa shape index (κ1) is 18.8. The summed E-state index contributed by atoms with van der Waals surface area (Å²) in [7, 11) is 0. The number of carbonyl (C=O) groups is 1. The van der Waals surface area contributed by atoms with E-state index in [1.54, 1.807) is 0 Å². The highest BCUT2D eigenvalue weighted by Gasteiger charge is 2.16. The second-order valence-electron chi connectivity index (χ2n) is 7.69. The van der Waals surface area contributed by atoms with Crippen molar-refractivity contribution in [2.75, 3.05) is 13.1 Å². The molecule has 0 saturated carbocycles. The van der Waals surface area contributed by atoms with E-state index in [-0.39, 0.29) is 0 Å². The summed E-state index contributed by atoms with van der Waals surface area (Å²) in [5.74, 6) is 0.929. The van der Waals surface area contributed by atoms with Gasteiger partial charge < -0.3 is 5.32 Å². The number of rotatable bonds is 8. The third-order valence-electron chi connectivity index (χ3n) is 5.53. The third kappa shape index (κ3) is 5.04. The molecule has 138 valence electrons. The first-order chi connectivity index (χ1) is 12.7. The zero-order valence-corrected chi connectivity index (χ0v) is 16.2. The zero-order valence-electron chi connectivity index (χ0n) is 16.2. The summed E-state index contributed by atoms with van der Waals surface area (Å²) < 4.78 is 0. The van der Waals surface area contributed by atoms with Crippen molar-refractivity contribution in [3.8, 4) is 0 Å². The summed E-state index contributed by atoms with van der Waals surface area (Å²) in [6.45, 7) is 6.53. The molecule has 2 aromatic rings. The molecule has 1 saturated heterocycles. The fraction of sp³-hybridized carbons (Fsp3) is 0.458. The van der Waals surface area contributed by atoms with E-state index in [0.717, 1.165) is 25.1 Å². The summed E-state index contributed by atoms with van der Waals surface area (Å²) in [4.78, 5) is 12.5. The van der Waals surface area contributed by atoms with Crippen LogP contribution in [0.4, 0.5) is 0 Å². The van der Waals surface area contributed by atoms with Crippen LogP contribution in [0, 0.1) is 6.92 Å². The normalized spacial score (nSPS) is 16.8. The van der Waals surface area contributed by atoms with Crippen LogP contribution in [0.25, 0.3) is 0 Å². The minimum atomic E-state index is 0.296. The Hall–Kier alpha value is -1.93. The van der Waals surface area contributed by atoms with Gasteiger partial charge in [0.25, 0.3) is 0 Å². The van der Waals surface area contributed by atoms with Gasteiger partial charge in [-0.2, -0.15) is 0 Å². The smallest absolute Gasteiger partial charge is 0.141 e. The molecule has 1 atom stereocenters. The predicted molar refractivity (Wildman–Crippen MR) is 109 cm³/mol. The standard InChI is InChI=1S/C24H31NO/c1-3-4-5-19-8-11-22(18(2)14-19)16-24(26)15-20-6-9-21(10-7-20)23-12-13-25-17-23/h6-11,14,23,25H,3-5,12-13,15-17H2,1-2H3. The van der Waals surface area contributed by atoms with Gasteiger partial charge in [0.1, 0.15) is 5.78 Å². The third-order valence-corrected chi connectivity index (χ3v) is 5.53. The lowest BCUT2D eigenvalue weighted by atomic mass is 9.94. The van der Waals surface area contributed by atoms with Crippen LogP contribution in [-0.2, 0) is 24.1 Å². The Morgan fingerprint density at radius 2 is 1.85 bits per heavy atom. The maximum absolute atomic E-state index is 12.5. The Morgan fingerprint density at radius 3 is 2.50 bits per heavy atom. The van der Waals surface area contributed by atoms with Crippen LogP contribution in [0.3, 0.4) is 0 Å². The van der Waals surface area contributed by atoms with Gasteiger partial charge in [0.2, 0.25) is 0 Å². The molecule has 2 heteroatoms. The fourth-order valence-electron chi connectivity index (χ4n) is 3.84. The van der Waals surface area contributed by atoms with E-state index in [0.29, 0.717) is 24.5 Å². The number of aryl methyl sites for hydroxylation is 2. The highest BCUT2D eigenvalue weighted by Crippen LogP contribution is 2.23. The maximum atomic E-state index is 12.5. The average molecular weight is 350 g/mol. The Bertz CT molecular complexity index is 726. The molecular weight excluding hydrogens is 318 g/mol. The molecule has 3 rings (SSSR count). The van der Waals surface area contributed by atoms with Crippen molar-refractivity contribution in [2.24, 2.45) is 0 Å². The molecule has 1 N–H and O–H groups in total. The van der Waals surface area contributed by atoms with Crippen molar-refractivity contribution in [2.45, 2.75) is 58.3 Å². The molecule has 1 aliphatic heterocycles. The van der Waals surface area contributed by atoms with Gasteiger partial charge in [-0.3, -0.25) is 4.79 Å². The van der Waals surface area contributed by atoms with Gasteiger partial charge in [0, 0.05) is 19.4 Å². The van der Waals surface area contributed by atoms with Crippen molar-refractivity contribution in [1.82, 2.24) is 5.32 Å². The Labute approximate surface area is 158 Å². The van der Waals surface area contributed by atoms with Gasteiger partial charge >= 0.3 is 0 Å². The van der Waals surface area contributed by atoms with Crippen LogP contribution in [-0.4, -0.2) is 18.9 Å². The highest BCUT2D eigenvalue weighted by atomic mass is 16.1. The van der Waals surface area contributed by atoms with Crippen molar-refractivity contribution in [1.29, 1.82) is 0 Å². The van der Waals surface area contributed by atoms with Gasteiger partial charge in [-0.1, -0.05) is 55.8 Å². The van der Waals surface area contributed by atoms with Gasteiger partial charge in [-0.05, 0) is 66.5 Å². The van der Waals surface area contributed by atoms with Gasteiger partial charge in [0.05, 0.1) is 0 Å². The van der Waals surface area contributed by atoms with Gasteiger partial charge in [-0.25, -0.2) is 0 Å². The number of ketones is 1. The van der Waals surface area contributed by atoms with Crippen LogP contribution in [0.2, 0.25) is 0 Å². The number of carbonyl (C=O) groups excluding carboxylic acids is 1.